The molecular weight excluding hydrogens is 361 g/mol. The number of pyridine rings is 3. The van der Waals surface area contributed by atoms with Gasteiger partial charge in [0.05, 0.1) is 17.6 Å². The lowest BCUT2D eigenvalue weighted by Crippen LogP contribution is -2.26. The van der Waals surface area contributed by atoms with E-state index in [9.17, 15) is 14.0 Å². The molecule has 1 aliphatic carbocycles. The number of rotatable bonds is 5. The van der Waals surface area contributed by atoms with Gasteiger partial charge in [0, 0.05) is 29.6 Å². The van der Waals surface area contributed by atoms with Crippen LogP contribution in [-0.4, -0.2) is 32.8 Å². The number of carbonyl (C=O) groups excluding carboxylic acids is 2. The smallest absolute Gasteiger partial charge is 0.270 e. The molecular formula is C20H16FN5O2. The van der Waals surface area contributed by atoms with Gasteiger partial charge in [0.25, 0.3) is 11.8 Å². The molecule has 1 saturated carbocycles. The zero-order valence-electron chi connectivity index (χ0n) is 14.7. The van der Waals surface area contributed by atoms with Crippen LogP contribution >= 0.6 is 0 Å². The van der Waals surface area contributed by atoms with Crippen LogP contribution in [0.4, 0.5) is 10.1 Å². The van der Waals surface area contributed by atoms with Crippen molar-refractivity contribution < 1.29 is 14.0 Å². The SMILES string of the molecule is O=C(Nc1cncc(-c2cccc(F)n2)c1)c1ccnc(C(=O)NC2CC2)c1. The van der Waals surface area contributed by atoms with E-state index in [0.29, 0.717) is 22.5 Å². The molecule has 8 heteroatoms. The summed E-state index contributed by atoms with van der Waals surface area (Å²) in [6.07, 6.45) is 6.36. The van der Waals surface area contributed by atoms with E-state index in [4.69, 9.17) is 0 Å². The number of nitrogens with one attached hydrogen (secondary N) is 2. The molecule has 0 aliphatic heterocycles. The minimum atomic E-state index is -0.597. The number of nitrogens with zero attached hydrogens (tertiary/aromatic N) is 3. The Morgan fingerprint density at radius 2 is 1.93 bits per heavy atom. The summed E-state index contributed by atoms with van der Waals surface area (Å²) in [5.41, 5.74) is 1.89. The van der Waals surface area contributed by atoms with Gasteiger partial charge in [-0.1, -0.05) is 6.07 Å². The highest BCUT2D eigenvalue weighted by Crippen LogP contribution is 2.21. The van der Waals surface area contributed by atoms with E-state index < -0.39 is 11.9 Å². The van der Waals surface area contributed by atoms with Crippen molar-refractivity contribution >= 4 is 17.5 Å². The van der Waals surface area contributed by atoms with Crippen molar-refractivity contribution in [3.05, 3.63) is 72.2 Å². The molecule has 3 aromatic heterocycles. The van der Waals surface area contributed by atoms with Gasteiger partial charge >= 0.3 is 0 Å². The van der Waals surface area contributed by atoms with Crippen molar-refractivity contribution in [1.82, 2.24) is 20.3 Å². The van der Waals surface area contributed by atoms with Crippen molar-refractivity contribution in [3.8, 4) is 11.3 Å². The highest BCUT2D eigenvalue weighted by atomic mass is 19.1. The monoisotopic (exact) mass is 377 g/mol. The van der Waals surface area contributed by atoms with E-state index in [-0.39, 0.29) is 17.6 Å². The van der Waals surface area contributed by atoms with Crippen molar-refractivity contribution in [2.45, 2.75) is 18.9 Å². The molecule has 7 nitrogen and oxygen atoms in total. The minimum absolute atomic E-state index is 0.190. The second-order valence-corrected chi connectivity index (χ2v) is 6.44. The lowest BCUT2D eigenvalue weighted by Gasteiger charge is -2.08. The fourth-order valence-corrected chi connectivity index (χ4v) is 2.60. The number of hydrogen-bond donors (Lipinski definition) is 2. The maximum absolute atomic E-state index is 13.3. The van der Waals surface area contributed by atoms with Crippen molar-refractivity contribution in [2.75, 3.05) is 5.32 Å². The second-order valence-electron chi connectivity index (χ2n) is 6.44. The highest BCUT2D eigenvalue weighted by molar-refractivity contribution is 6.05. The lowest BCUT2D eigenvalue weighted by atomic mass is 10.1. The molecule has 3 heterocycles. The summed E-state index contributed by atoms with van der Waals surface area (Å²) in [7, 11) is 0. The van der Waals surface area contributed by atoms with E-state index in [1.54, 1.807) is 18.2 Å². The maximum Gasteiger partial charge on any atom is 0.270 e. The van der Waals surface area contributed by atoms with Crippen LogP contribution in [0.2, 0.25) is 0 Å². The standard InChI is InChI=1S/C20H16FN5O2/c21-18-3-1-2-16(26-18)13-8-15(11-22-10-13)25-19(27)12-6-7-23-17(9-12)20(28)24-14-4-5-14/h1-3,6-11,14H,4-5H2,(H,24,28)(H,25,27). The molecule has 0 saturated heterocycles. The molecule has 1 aliphatic rings. The number of hydrogen-bond acceptors (Lipinski definition) is 5. The van der Waals surface area contributed by atoms with Gasteiger partial charge in [0.2, 0.25) is 5.95 Å². The Kier molecular flexibility index (Phi) is 4.76. The second kappa shape index (κ2) is 7.51. The molecule has 0 unspecified atom stereocenters. The van der Waals surface area contributed by atoms with Crippen molar-refractivity contribution in [1.29, 1.82) is 0 Å². The lowest BCUT2D eigenvalue weighted by molar-refractivity contribution is 0.0946. The summed E-state index contributed by atoms with van der Waals surface area (Å²) >= 11 is 0. The Balaban J connectivity index is 1.51. The molecule has 0 radical (unpaired) electrons. The van der Waals surface area contributed by atoms with Crippen LogP contribution in [0.1, 0.15) is 33.7 Å². The van der Waals surface area contributed by atoms with Gasteiger partial charge in [0.1, 0.15) is 5.69 Å². The summed E-state index contributed by atoms with van der Waals surface area (Å²) in [5.74, 6) is -1.30. The Morgan fingerprint density at radius 1 is 1.07 bits per heavy atom. The third kappa shape index (κ3) is 4.17. The van der Waals surface area contributed by atoms with Gasteiger partial charge in [-0.15, -0.1) is 0 Å². The molecule has 1 fully saturated rings. The average Bonchev–Trinajstić information content (AvgIpc) is 3.52. The minimum Gasteiger partial charge on any atom is -0.348 e. The fraction of sp³-hybridized carbons (Fsp3) is 0.150. The zero-order chi connectivity index (χ0) is 19.5. The number of halogens is 1. The highest BCUT2D eigenvalue weighted by Gasteiger charge is 2.24. The van der Waals surface area contributed by atoms with Crippen LogP contribution in [0, 0.1) is 5.95 Å². The van der Waals surface area contributed by atoms with Crippen LogP contribution < -0.4 is 10.6 Å². The number of anilines is 1. The quantitative estimate of drug-likeness (QED) is 0.667. The van der Waals surface area contributed by atoms with Gasteiger partial charge in [-0.25, -0.2) is 4.98 Å². The first-order chi connectivity index (χ1) is 13.6. The third-order valence-corrected chi connectivity index (χ3v) is 4.17. The van der Waals surface area contributed by atoms with Gasteiger partial charge < -0.3 is 10.6 Å². The number of aromatic nitrogens is 3. The Bertz CT molecular complexity index is 1050. The normalized spacial score (nSPS) is 13.0. The van der Waals surface area contributed by atoms with E-state index in [1.807, 2.05) is 0 Å². The van der Waals surface area contributed by atoms with Crippen LogP contribution in [-0.2, 0) is 0 Å². The van der Waals surface area contributed by atoms with Crippen molar-refractivity contribution in [3.63, 3.8) is 0 Å². The van der Waals surface area contributed by atoms with Gasteiger partial charge in [-0.05, 0) is 43.2 Å². The molecule has 0 spiro atoms. The molecule has 0 atom stereocenters. The maximum atomic E-state index is 13.3. The molecule has 3 aromatic rings. The molecule has 2 N–H and O–H groups in total. The molecule has 140 valence electrons. The number of carbonyl (C=O) groups is 2. The van der Waals surface area contributed by atoms with Gasteiger partial charge in [0.15, 0.2) is 0 Å². The van der Waals surface area contributed by atoms with Gasteiger partial charge in [-0.2, -0.15) is 4.39 Å². The third-order valence-electron chi connectivity index (χ3n) is 4.17. The predicted octanol–water partition coefficient (Wildman–Crippen LogP) is 2.82. The summed E-state index contributed by atoms with van der Waals surface area (Å²) in [6.45, 7) is 0. The van der Waals surface area contributed by atoms with Crippen LogP contribution in [0.25, 0.3) is 11.3 Å². The molecule has 0 aromatic carbocycles. The van der Waals surface area contributed by atoms with E-state index >= 15 is 0 Å². The van der Waals surface area contributed by atoms with Crippen LogP contribution in [0.5, 0.6) is 0 Å². The fourth-order valence-electron chi connectivity index (χ4n) is 2.60. The Morgan fingerprint density at radius 3 is 2.71 bits per heavy atom. The summed E-state index contributed by atoms with van der Waals surface area (Å²) < 4.78 is 13.3. The largest absolute Gasteiger partial charge is 0.348 e. The molecule has 28 heavy (non-hydrogen) atoms. The Labute approximate surface area is 160 Å². The average molecular weight is 377 g/mol. The molecule has 0 bridgehead atoms. The van der Waals surface area contributed by atoms with Gasteiger partial charge in [-0.3, -0.25) is 19.6 Å². The summed E-state index contributed by atoms with van der Waals surface area (Å²) in [4.78, 5) is 36.6. The first kappa shape index (κ1) is 17.7. The summed E-state index contributed by atoms with van der Waals surface area (Å²) in [6, 6.07) is 9.27. The van der Waals surface area contributed by atoms with Crippen LogP contribution in [0.15, 0.2) is 55.0 Å². The zero-order valence-corrected chi connectivity index (χ0v) is 14.7. The first-order valence-electron chi connectivity index (χ1n) is 8.75. The van der Waals surface area contributed by atoms with E-state index in [1.165, 1.54) is 36.8 Å². The van der Waals surface area contributed by atoms with Crippen LogP contribution in [0.3, 0.4) is 0 Å². The summed E-state index contributed by atoms with van der Waals surface area (Å²) in [5, 5.41) is 5.56. The molecule has 4 rings (SSSR count). The molecule has 2 amide bonds. The first-order valence-corrected chi connectivity index (χ1v) is 8.75. The van der Waals surface area contributed by atoms with E-state index in [2.05, 4.69) is 25.6 Å². The van der Waals surface area contributed by atoms with Crippen molar-refractivity contribution in [2.24, 2.45) is 0 Å². The number of amides is 2. The Hall–Kier alpha value is -3.68. The predicted molar refractivity (Wildman–Crippen MR) is 100 cm³/mol. The van der Waals surface area contributed by atoms with E-state index in [0.717, 1.165) is 12.8 Å². The topological polar surface area (TPSA) is 96.9 Å².